The van der Waals surface area contributed by atoms with Gasteiger partial charge in [0.1, 0.15) is 5.69 Å². The van der Waals surface area contributed by atoms with Crippen LogP contribution < -0.4 is 5.56 Å². The number of rotatable bonds is 2. The quantitative estimate of drug-likeness (QED) is 0.686. The molecule has 7 heteroatoms. The number of hydrogen-bond acceptors (Lipinski definition) is 5. The molecule has 3 aromatic rings. The summed E-state index contributed by atoms with van der Waals surface area (Å²) < 4.78 is 1.87. The van der Waals surface area contributed by atoms with Crippen molar-refractivity contribution in [3.05, 3.63) is 76.9 Å². The first kappa shape index (κ1) is 16.8. The summed E-state index contributed by atoms with van der Waals surface area (Å²) in [7, 11) is 0. The number of amides is 1. The first-order valence-electron chi connectivity index (χ1n) is 9.40. The second-order valence-electron chi connectivity index (χ2n) is 7.43. The van der Waals surface area contributed by atoms with E-state index >= 15 is 0 Å². The van der Waals surface area contributed by atoms with Crippen molar-refractivity contribution in [3.8, 4) is 11.3 Å². The molecule has 0 unspecified atom stereocenters. The van der Waals surface area contributed by atoms with Crippen LogP contribution in [0.3, 0.4) is 0 Å². The van der Waals surface area contributed by atoms with E-state index < -0.39 is 0 Å². The van der Waals surface area contributed by atoms with E-state index in [-0.39, 0.29) is 23.3 Å². The Labute approximate surface area is 161 Å². The highest BCUT2D eigenvalue weighted by molar-refractivity contribution is 5.92. The van der Waals surface area contributed by atoms with Crippen LogP contribution >= 0.6 is 0 Å². The summed E-state index contributed by atoms with van der Waals surface area (Å²) in [4.78, 5) is 40.0. The van der Waals surface area contributed by atoms with Crippen molar-refractivity contribution in [2.75, 3.05) is 13.1 Å². The summed E-state index contributed by atoms with van der Waals surface area (Å²) in [5.74, 6) is 0.300. The molecule has 1 saturated heterocycles. The number of piperidine rings is 1. The molecule has 0 N–H and O–H groups in total. The van der Waals surface area contributed by atoms with Gasteiger partial charge in [-0.1, -0.05) is 6.07 Å². The molecule has 2 bridgehead atoms. The molecule has 1 fully saturated rings. The molecular weight excluding hydrogens is 354 g/mol. The zero-order valence-corrected chi connectivity index (χ0v) is 15.2. The summed E-state index contributed by atoms with van der Waals surface area (Å²) in [6.45, 7) is 1.86. The van der Waals surface area contributed by atoms with Crippen molar-refractivity contribution >= 4 is 5.91 Å². The minimum atomic E-state index is -0.0977. The molecule has 28 heavy (non-hydrogen) atoms. The molecule has 3 aromatic heterocycles. The van der Waals surface area contributed by atoms with Crippen LogP contribution in [0.5, 0.6) is 0 Å². The van der Waals surface area contributed by atoms with Crippen molar-refractivity contribution in [1.82, 2.24) is 24.4 Å². The average Bonchev–Trinajstić information content (AvgIpc) is 2.75. The summed E-state index contributed by atoms with van der Waals surface area (Å²) in [6, 6.07) is 9.40. The van der Waals surface area contributed by atoms with Crippen molar-refractivity contribution in [2.45, 2.75) is 18.9 Å². The molecule has 0 aliphatic carbocycles. The first-order chi connectivity index (χ1) is 13.7. The molecule has 1 amide bonds. The summed E-state index contributed by atoms with van der Waals surface area (Å²) in [5, 5.41) is 0. The number of carbonyl (C=O) groups excluding carboxylic acids is 1. The molecule has 2 atom stereocenters. The van der Waals surface area contributed by atoms with E-state index in [0.717, 1.165) is 23.4 Å². The lowest BCUT2D eigenvalue weighted by atomic mass is 9.82. The minimum absolute atomic E-state index is 0.00144. The molecule has 5 heterocycles. The molecule has 140 valence electrons. The van der Waals surface area contributed by atoms with Gasteiger partial charge in [-0.15, -0.1) is 0 Å². The van der Waals surface area contributed by atoms with Gasteiger partial charge in [0.15, 0.2) is 0 Å². The fraction of sp³-hybridized carbons (Fsp3) is 0.286. The Morgan fingerprint density at radius 1 is 1.04 bits per heavy atom. The van der Waals surface area contributed by atoms with Gasteiger partial charge in [-0.2, -0.15) is 0 Å². The van der Waals surface area contributed by atoms with Gasteiger partial charge in [0.25, 0.3) is 11.5 Å². The fourth-order valence-corrected chi connectivity index (χ4v) is 4.38. The minimum Gasteiger partial charge on any atom is -0.336 e. The third kappa shape index (κ3) is 2.89. The van der Waals surface area contributed by atoms with Crippen LogP contribution in [0.1, 0.15) is 28.5 Å². The zero-order valence-electron chi connectivity index (χ0n) is 15.2. The summed E-state index contributed by atoms with van der Waals surface area (Å²) in [6.07, 6.45) is 7.31. The normalized spacial score (nSPS) is 20.5. The van der Waals surface area contributed by atoms with Crippen LogP contribution in [0, 0.1) is 5.92 Å². The summed E-state index contributed by atoms with van der Waals surface area (Å²) in [5.41, 5.74) is 2.96. The van der Waals surface area contributed by atoms with Crippen molar-refractivity contribution < 1.29 is 4.79 Å². The molecule has 7 nitrogen and oxygen atoms in total. The molecule has 0 radical (unpaired) electrons. The average molecular weight is 373 g/mol. The van der Waals surface area contributed by atoms with Crippen LogP contribution in [0.4, 0.5) is 0 Å². The van der Waals surface area contributed by atoms with Crippen LogP contribution in [0.25, 0.3) is 11.3 Å². The second kappa shape index (κ2) is 6.67. The predicted octanol–water partition coefficient (Wildman–Crippen LogP) is 1.96. The molecular formula is C21H19N5O2. The van der Waals surface area contributed by atoms with Gasteiger partial charge >= 0.3 is 0 Å². The Morgan fingerprint density at radius 2 is 1.96 bits per heavy atom. The van der Waals surface area contributed by atoms with Gasteiger partial charge in [-0.05, 0) is 30.5 Å². The number of hydrogen-bond donors (Lipinski definition) is 0. The Kier molecular flexibility index (Phi) is 4.00. The Hall–Kier alpha value is -3.35. The molecule has 0 aromatic carbocycles. The highest BCUT2D eigenvalue weighted by atomic mass is 16.2. The number of carbonyl (C=O) groups is 1. The number of likely N-dealkylation sites (tertiary alicyclic amines) is 1. The number of nitrogens with zero attached hydrogens (tertiary/aromatic N) is 5. The maximum atomic E-state index is 12.8. The van der Waals surface area contributed by atoms with Gasteiger partial charge in [-0.25, -0.2) is 4.98 Å². The van der Waals surface area contributed by atoms with E-state index in [1.807, 2.05) is 27.7 Å². The number of aromatic nitrogens is 4. The number of fused-ring (bicyclic) bond motifs is 4. The van der Waals surface area contributed by atoms with E-state index in [1.165, 1.54) is 12.4 Å². The second-order valence-corrected chi connectivity index (χ2v) is 7.43. The standard InChI is InChI=1S/C21H19N5O2/c27-20-9-15(17-3-1-2-4-23-17)8-19-16-7-14(12-26(19)20)11-25(13-16)21(28)18-10-22-5-6-24-18/h1-6,8-10,14,16H,7,11-13H2/t14-,16+/m0/s1. The maximum Gasteiger partial charge on any atom is 0.274 e. The monoisotopic (exact) mass is 373 g/mol. The van der Waals surface area contributed by atoms with Crippen LogP contribution in [-0.2, 0) is 6.54 Å². The Balaban J connectivity index is 1.50. The fourth-order valence-electron chi connectivity index (χ4n) is 4.38. The largest absolute Gasteiger partial charge is 0.336 e. The van der Waals surface area contributed by atoms with Crippen molar-refractivity contribution in [2.24, 2.45) is 5.92 Å². The Bertz CT molecular complexity index is 1080. The molecule has 5 rings (SSSR count). The van der Waals surface area contributed by atoms with E-state index in [1.54, 1.807) is 18.5 Å². The first-order valence-corrected chi connectivity index (χ1v) is 9.40. The maximum absolute atomic E-state index is 12.8. The third-order valence-corrected chi connectivity index (χ3v) is 5.59. The van der Waals surface area contributed by atoms with Gasteiger partial charge in [0.05, 0.1) is 11.9 Å². The van der Waals surface area contributed by atoms with Crippen LogP contribution in [-0.4, -0.2) is 43.4 Å². The van der Waals surface area contributed by atoms with Crippen molar-refractivity contribution in [1.29, 1.82) is 0 Å². The lowest BCUT2D eigenvalue weighted by Crippen LogP contribution is -2.49. The topological polar surface area (TPSA) is 81.0 Å². The van der Waals surface area contributed by atoms with Gasteiger partial charge < -0.3 is 9.47 Å². The lowest BCUT2D eigenvalue weighted by Gasteiger charge is -2.42. The van der Waals surface area contributed by atoms with Gasteiger partial charge in [0.2, 0.25) is 0 Å². The zero-order chi connectivity index (χ0) is 19.1. The van der Waals surface area contributed by atoms with Gasteiger partial charge in [-0.3, -0.25) is 19.6 Å². The van der Waals surface area contributed by atoms with Crippen LogP contribution in [0.2, 0.25) is 0 Å². The van der Waals surface area contributed by atoms with E-state index in [4.69, 9.17) is 0 Å². The summed E-state index contributed by atoms with van der Waals surface area (Å²) >= 11 is 0. The SMILES string of the molecule is O=C(c1cnccn1)N1C[C@@H]2C[C@H](C1)c1cc(-c3ccccn3)cc(=O)n1C2. The number of pyridine rings is 2. The van der Waals surface area contributed by atoms with Gasteiger partial charge in [0, 0.05) is 61.5 Å². The van der Waals surface area contributed by atoms with Crippen LogP contribution in [0.15, 0.2) is 59.9 Å². The molecule has 2 aliphatic rings. The van der Waals surface area contributed by atoms with E-state index in [2.05, 4.69) is 21.0 Å². The van der Waals surface area contributed by atoms with Crippen molar-refractivity contribution in [3.63, 3.8) is 0 Å². The predicted molar refractivity (Wildman–Crippen MR) is 103 cm³/mol. The highest BCUT2D eigenvalue weighted by Gasteiger charge is 2.37. The lowest BCUT2D eigenvalue weighted by molar-refractivity contribution is 0.0588. The van der Waals surface area contributed by atoms with E-state index in [9.17, 15) is 9.59 Å². The Morgan fingerprint density at radius 3 is 2.75 bits per heavy atom. The molecule has 0 spiro atoms. The third-order valence-electron chi connectivity index (χ3n) is 5.59. The molecule has 0 saturated carbocycles. The highest BCUT2D eigenvalue weighted by Crippen LogP contribution is 2.36. The smallest absolute Gasteiger partial charge is 0.274 e. The van der Waals surface area contributed by atoms with E-state index in [0.29, 0.717) is 25.3 Å². The molecule has 2 aliphatic heterocycles.